The van der Waals surface area contributed by atoms with Crippen LogP contribution in [0.2, 0.25) is 0 Å². The SMILES string of the molecule is FC(F)(F)c1ccc(-c2nc(-c3ccccc3)c(-c3[nH]c(-c4ccccc4)nc3-c3ccccc3)[nH]2)cc1. The summed E-state index contributed by atoms with van der Waals surface area (Å²) in [7, 11) is 0. The molecule has 186 valence electrons. The van der Waals surface area contributed by atoms with Gasteiger partial charge in [-0.1, -0.05) is 103 Å². The Morgan fingerprint density at radius 1 is 0.447 bits per heavy atom. The lowest BCUT2D eigenvalue weighted by Gasteiger charge is -2.06. The van der Waals surface area contributed by atoms with Gasteiger partial charge in [-0.25, -0.2) is 9.97 Å². The average Bonchev–Trinajstić information content (AvgIpc) is 3.60. The molecule has 0 saturated heterocycles. The van der Waals surface area contributed by atoms with Gasteiger partial charge in [-0.3, -0.25) is 0 Å². The van der Waals surface area contributed by atoms with Crippen LogP contribution in [0.4, 0.5) is 13.2 Å². The second-order valence-corrected chi connectivity index (χ2v) is 8.79. The molecule has 0 unspecified atom stereocenters. The molecular formula is C31H21F3N4. The minimum absolute atomic E-state index is 0.461. The van der Waals surface area contributed by atoms with Crippen molar-refractivity contribution in [3.63, 3.8) is 0 Å². The summed E-state index contributed by atoms with van der Waals surface area (Å²) in [6.45, 7) is 0. The van der Waals surface area contributed by atoms with Crippen LogP contribution in [0.5, 0.6) is 0 Å². The quantitative estimate of drug-likeness (QED) is 0.246. The number of hydrogen-bond acceptors (Lipinski definition) is 2. The smallest absolute Gasteiger partial charge is 0.336 e. The van der Waals surface area contributed by atoms with Gasteiger partial charge in [0.2, 0.25) is 0 Å². The maximum atomic E-state index is 13.1. The zero-order chi connectivity index (χ0) is 26.1. The summed E-state index contributed by atoms with van der Waals surface area (Å²) >= 11 is 0. The molecule has 0 spiro atoms. The minimum atomic E-state index is -4.41. The van der Waals surface area contributed by atoms with E-state index in [1.165, 1.54) is 12.1 Å². The van der Waals surface area contributed by atoms with Crippen molar-refractivity contribution in [3.8, 4) is 56.7 Å². The Morgan fingerprint density at radius 3 is 1.21 bits per heavy atom. The van der Waals surface area contributed by atoms with Crippen molar-refractivity contribution in [1.29, 1.82) is 0 Å². The number of aromatic amines is 2. The van der Waals surface area contributed by atoms with Gasteiger partial charge in [0.1, 0.15) is 11.6 Å². The van der Waals surface area contributed by atoms with Gasteiger partial charge in [0.05, 0.1) is 28.3 Å². The zero-order valence-electron chi connectivity index (χ0n) is 20.0. The standard InChI is InChI=1S/C31H21F3N4/c32-31(33,34)24-18-16-23(17-19-24)30-36-26(21-12-6-2-7-13-21)28(38-30)27-25(20-10-4-1-5-11-20)35-29(37-27)22-14-8-3-9-15-22/h1-19H,(H,35,37)(H,36,38). The van der Waals surface area contributed by atoms with Crippen molar-refractivity contribution in [2.45, 2.75) is 6.18 Å². The van der Waals surface area contributed by atoms with E-state index in [1.54, 1.807) is 0 Å². The Hall–Kier alpha value is -4.91. The maximum Gasteiger partial charge on any atom is 0.416 e. The minimum Gasteiger partial charge on any atom is -0.336 e. The third kappa shape index (κ3) is 4.50. The van der Waals surface area contributed by atoms with Crippen molar-refractivity contribution in [3.05, 3.63) is 121 Å². The van der Waals surface area contributed by atoms with Gasteiger partial charge < -0.3 is 9.97 Å². The van der Waals surface area contributed by atoms with Gasteiger partial charge in [-0.2, -0.15) is 13.2 Å². The van der Waals surface area contributed by atoms with Crippen molar-refractivity contribution in [2.75, 3.05) is 0 Å². The lowest BCUT2D eigenvalue weighted by molar-refractivity contribution is -0.137. The van der Waals surface area contributed by atoms with Crippen molar-refractivity contribution >= 4 is 0 Å². The first kappa shape index (κ1) is 23.5. The van der Waals surface area contributed by atoms with Crippen LogP contribution in [-0.2, 0) is 6.18 Å². The van der Waals surface area contributed by atoms with Gasteiger partial charge in [-0.05, 0) is 12.1 Å². The van der Waals surface area contributed by atoms with E-state index >= 15 is 0 Å². The molecule has 0 atom stereocenters. The Bertz CT molecular complexity index is 1670. The molecule has 0 aliphatic rings. The Kier molecular flexibility index (Phi) is 5.88. The first-order valence-corrected chi connectivity index (χ1v) is 12.0. The van der Waals surface area contributed by atoms with Crippen LogP contribution in [-0.4, -0.2) is 19.9 Å². The normalized spacial score (nSPS) is 11.6. The fourth-order valence-corrected chi connectivity index (χ4v) is 4.40. The number of alkyl halides is 3. The highest BCUT2D eigenvalue weighted by atomic mass is 19.4. The molecule has 6 aromatic rings. The van der Waals surface area contributed by atoms with Crippen LogP contribution in [0.1, 0.15) is 5.56 Å². The predicted octanol–water partition coefficient (Wildman–Crippen LogP) is 8.49. The number of nitrogens with one attached hydrogen (secondary N) is 2. The molecule has 4 nitrogen and oxygen atoms in total. The van der Waals surface area contributed by atoms with E-state index in [1.807, 2.05) is 91.0 Å². The highest BCUT2D eigenvalue weighted by Gasteiger charge is 2.30. The van der Waals surface area contributed by atoms with Crippen LogP contribution in [0.25, 0.3) is 56.7 Å². The molecule has 2 N–H and O–H groups in total. The number of H-pyrrole nitrogens is 2. The summed E-state index contributed by atoms with van der Waals surface area (Å²) in [6, 6.07) is 34.3. The summed E-state index contributed by atoms with van der Waals surface area (Å²) < 4.78 is 39.4. The second-order valence-electron chi connectivity index (χ2n) is 8.79. The molecule has 0 bridgehead atoms. The van der Waals surface area contributed by atoms with Crippen LogP contribution in [0, 0.1) is 0 Å². The van der Waals surface area contributed by atoms with Gasteiger partial charge >= 0.3 is 6.18 Å². The van der Waals surface area contributed by atoms with E-state index in [4.69, 9.17) is 9.97 Å². The van der Waals surface area contributed by atoms with Gasteiger partial charge in [0.25, 0.3) is 0 Å². The van der Waals surface area contributed by atoms with Crippen LogP contribution < -0.4 is 0 Å². The fraction of sp³-hybridized carbons (Fsp3) is 0.0323. The number of benzene rings is 4. The molecule has 38 heavy (non-hydrogen) atoms. The third-order valence-corrected chi connectivity index (χ3v) is 6.28. The monoisotopic (exact) mass is 506 g/mol. The molecule has 7 heteroatoms. The molecule has 0 saturated carbocycles. The number of aromatic nitrogens is 4. The molecule has 4 aromatic carbocycles. The van der Waals surface area contributed by atoms with Gasteiger partial charge in [0.15, 0.2) is 0 Å². The topological polar surface area (TPSA) is 57.4 Å². The molecular weight excluding hydrogens is 485 g/mol. The fourth-order valence-electron chi connectivity index (χ4n) is 4.40. The molecule has 0 aliphatic carbocycles. The molecule has 2 aromatic heterocycles. The van der Waals surface area contributed by atoms with E-state index in [0.29, 0.717) is 28.6 Å². The van der Waals surface area contributed by atoms with E-state index in [9.17, 15) is 13.2 Å². The Labute approximate surface area is 216 Å². The van der Waals surface area contributed by atoms with Crippen LogP contribution in [0.3, 0.4) is 0 Å². The summed E-state index contributed by atoms with van der Waals surface area (Å²) in [5, 5.41) is 0. The van der Waals surface area contributed by atoms with Gasteiger partial charge in [0, 0.05) is 22.3 Å². The maximum absolute atomic E-state index is 13.1. The van der Waals surface area contributed by atoms with E-state index in [-0.39, 0.29) is 0 Å². The largest absolute Gasteiger partial charge is 0.416 e. The van der Waals surface area contributed by atoms with Crippen molar-refractivity contribution < 1.29 is 13.2 Å². The van der Waals surface area contributed by atoms with E-state index in [0.717, 1.165) is 40.2 Å². The lowest BCUT2D eigenvalue weighted by atomic mass is 10.0. The first-order chi connectivity index (χ1) is 18.5. The Morgan fingerprint density at radius 2 is 0.816 bits per heavy atom. The van der Waals surface area contributed by atoms with Crippen molar-refractivity contribution in [2.24, 2.45) is 0 Å². The van der Waals surface area contributed by atoms with Crippen LogP contribution in [0.15, 0.2) is 115 Å². The number of hydrogen-bond donors (Lipinski definition) is 2. The summed E-state index contributed by atoms with van der Waals surface area (Å²) in [5.74, 6) is 1.16. The number of nitrogens with zero attached hydrogens (tertiary/aromatic N) is 2. The second kappa shape index (κ2) is 9.52. The predicted molar refractivity (Wildman–Crippen MR) is 143 cm³/mol. The number of rotatable bonds is 5. The van der Waals surface area contributed by atoms with E-state index in [2.05, 4.69) is 9.97 Å². The molecule has 0 aliphatic heterocycles. The van der Waals surface area contributed by atoms with Crippen LogP contribution >= 0.6 is 0 Å². The van der Waals surface area contributed by atoms with Gasteiger partial charge in [-0.15, -0.1) is 0 Å². The van der Waals surface area contributed by atoms with E-state index < -0.39 is 11.7 Å². The third-order valence-electron chi connectivity index (χ3n) is 6.28. The van der Waals surface area contributed by atoms with Crippen molar-refractivity contribution in [1.82, 2.24) is 19.9 Å². The lowest BCUT2D eigenvalue weighted by Crippen LogP contribution is -2.04. The summed E-state index contributed by atoms with van der Waals surface area (Å²) in [6.07, 6.45) is -4.41. The Balaban J connectivity index is 1.56. The molecule has 0 radical (unpaired) electrons. The molecule has 6 rings (SSSR count). The number of imidazole rings is 2. The highest BCUT2D eigenvalue weighted by Crippen LogP contribution is 2.39. The summed E-state index contributed by atoms with van der Waals surface area (Å²) in [5.41, 5.74) is 5.40. The summed E-state index contributed by atoms with van der Waals surface area (Å²) in [4.78, 5) is 16.7. The molecule has 0 amide bonds. The highest BCUT2D eigenvalue weighted by molar-refractivity contribution is 5.88. The molecule has 2 heterocycles. The first-order valence-electron chi connectivity index (χ1n) is 12.0. The number of halogens is 3. The molecule has 0 fully saturated rings. The zero-order valence-corrected chi connectivity index (χ0v) is 20.0. The average molecular weight is 507 g/mol.